The lowest BCUT2D eigenvalue weighted by molar-refractivity contribution is 0.770. The van der Waals surface area contributed by atoms with Gasteiger partial charge in [0.25, 0.3) is 0 Å². The molecule has 0 radical (unpaired) electrons. The molecule has 0 amide bonds. The maximum atomic E-state index is 5.04. The highest BCUT2D eigenvalue weighted by Gasteiger charge is 2.47. The normalized spacial score (nSPS) is 12.7. The highest BCUT2D eigenvalue weighted by atomic mass is 15.0. The highest BCUT2D eigenvalue weighted by molar-refractivity contribution is 5.93. The number of fused-ring (bicyclic) bond motifs is 3. The fraction of sp³-hybridized carbons (Fsp3) is 0.0217. The molecule has 1 aliphatic rings. The Bertz CT molecular complexity index is 2320. The van der Waals surface area contributed by atoms with E-state index >= 15 is 0 Å². The minimum absolute atomic E-state index is 0.505. The van der Waals surface area contributed by atoms with Crippen LogP contribution in [0.1, 0.15) is 22.3 Å². The molecule has 3 nitrogen and oxygen atoms in total. The zero-order valence-corrected chi connectivity index (χ0v) is 26.7. The van der Waals surface area contributed by atoms with Crippen molar-refractivity contribution >= 4 is 0 Å². The van der Waals surface area contributed by atoms with Gasteiger partial charge in [0.15, 0.2) is 17.5 Å². The smallest absolute Gasteiger partial charge is 0.164 e. The lowest BCUT2D eigenvalue weighted by Gasteiger charge is -2.35. The second kappa shape index (κ2) is 12.0. The van der Waals surface area contributed by atoms with Crippen LogP contribution in [0.15, 0.2) is 188 Å². The maximum absolute atomic E-state index is 5.04. The quantitative estimate of drug-likeness (QED) is 0.185. The van der Waals surface area contributed by atoms with Crippen molar-refractivity contribution in [2.75, 3.05) is 0 Å². The van der Waals surface area contributed by atoms with Gasteiger partial charge in [0.1, 0.15) is 0 Å². The van der Waals surface area contributed by atoms with Gasteiger partial charge in [-0.25, -0.2) is 15.0 Å². The Morgan fingerprint density at radius 2 is 0.714 bits per heavy atom. The molecule has 1 heterocycles. The van der Waals surface area contributed by atoms with Crippen LogP contribution in [0.5, 0.6) is 0 Å². The van der Waals surface area contributed by atoms with Crippen LogP contribution in [-0.4, -0.2) is 15.0 Å². The molecule has 0 bridgehead atoms. The largest absolute Gasteiger partial charge is 0.208 e. The molecular formula is C46H31N3. The van der Waals surface area contributed by atoms with Crippen LogP contribution in [0.25, 0.3) is 56.4 Å². The molecule has 7 aromatic carbocycles. The molecule has 0 fully saturated rings. The Balaban J connectivity index is 1.28. The maximum Gasteiger partial charge on any atom is 0.164 e. The van der Waals surface area contributed by atoms with Crippen molar-refractivity contribution in [2.24, 2.45) is 0 Å². The van der Waals surface area contributed by atoms with E-state index in [2.05, 4.69) is 127 Å². The predicted molar refractivity (Wildman–Crippen MR) is 199 cm³/mol. The van der Waals surface area contributed by atoms with E-state index in [4.69, 9.17) is 15.0 Å². The average Bonchev–Trinajstić information content (AvgIpc) is 3.50. The molecule has 9 rings (SSSR count). The van der Waals surface area contributed by atoms with Gasteiger partial charge < -0.3 is 0 Å². The Morgan fingerprint density at radius 3 is 1.31 bits per heavy atom. The summed E-state index contributed by atoms with van der Waals surface area (Å²) in [5.74, 6) is 1.94. The molecule has 1 aliphatic carbocycles. The molecule has 0 aliphatic heterocycles. The number of hydrogen-bond donors (Lipinski definition) is 0. The van der Waals surface area contributed by atoms with E-state index in [1.807, 2.05) is 60.7 Å². The molecule has 8 aromatic rings. The lowest BCUT2D eigenvalue weighted by Crippen LogP contribution is -2.29. The summed E-state index contributed by atoms with van der Waals surface area (Å²) in [4.78, 5) is 15.0. The third-order valence-corrected chi connectivity index (χ3v) is 9.61. The second-order valence-corrected chi connectivity index (χ2v) is 12.4. The molecule has 0 atom stereocenters. The van der Waals surface area contributed by atoms with Gasteiger partial charge in [-0.05, 0) is 50.6 Å². The monoisotopic (exact) mass is 625 g/mol. The fourth-order valence-corrected chi connectivity index (χ4v) is 7.51. The van der Waals surface area contributed by atoms with Crippen LogP contribution in [0.3, 0.4) is 0 Å². The Morgan fingerprint density at radius 1 is 0.306 bits per heavy atom. The van der Waals surface area contributed by atoms with E-state index in [0.717, 1.165) is 22.3 Å². The summed E-state index contributed by atoms with van der Waals surface area (Å²) in [6.07, 6.45) is 0. The standard InChI is InChI=1S/C46H31N3/c1-5-17-32(18-6-1)43-47-44(33-19-7-2-8-20-33)49-45(48-43)35-22-15-21-34(31-35)38-28-16-29-40-39-27-13-14-30-41(39)46(42(38)40,36-23-9-3-10-24-36)37-25-11-4-12-26-37/h1-31H. The van der Waals surface area contributed by atoms with Crippen molar-refractivity contribution in [3.8, 4) is 56.4 Å². The van der Waals surface area contributed by atoms with Crippen LogP contribution in [0.4, 0.5) is 0 Å². The van der Waals surface area contributed by atoms with Gasteiger partial charge in [-0.15, -0.1) is 0 Å². The van der Waals surface area contributed by atoms with Crippen LogP contribution in [0, 0.1) is 0 Å². The highest BCUT2D eigenvalue weighted by Crippen LogP contribution is 2.58. The fourth-order valence-electron chi connectivity index (χ4n) is 7.51. The van der Waals surface area contributed by atoms with E-state index < -0.39 is 5.41 Å². The summed E-state index contributed by atoms with van der Waals surface area (Å²) < 4.78 is 0. The Labute approximate surface area is 286 Å². The number of nitrogens with zero attached hydrogens (tertiary/aromatic N) is 3. The molecule has 0 saturated heterocycles. The third kappa shape index (κ3) is 4.78. The lowest BCUT2D eigenvalue weighted by atomic mass is 9.66. The van der Waals surface area contributed by atoms with Gasteiger partial charge in [0.05, 0.1) is 5.41 Å². The first-order valence-corrected chi connectivity index (χ1v) is 16.6. The number of aromatic nitrogens is 3. The van der Waals surface area contributed by atoms with Crippen molar-refractivity contribution in [3.05, 3.63) is 210 Å². The first-order chi connectivity index (χ1) is 24.3. The molecule has 49 heavy (non-hydrogen) atoms. The molecule has 0 unspecified atom stereocenters. The molecule has 0 saturated carbocycles. The first-order valence-electron chi connectivity index (χ1n) is 16.6. The molecule has 3 heteroatoms. The molecular weight excluding hydrogens is 595 g/mol. The summed E-state index contributed by atoms with van der Waals surface area (Å²) in [5, 5.41) is 0. The first kappa shape index (κ1) is 28.7. The second-order valence-electron chi connectivity index (χ2n) is 12.4. The molecule has 230 valence electrons. The van der Waals surface area contributed by atoms with Gasteiger partial charge in [0, 0.05) is 16.7 Å². The van der Waals surface area contributed by atoms with Crippen molar-refractivity contribution in [3.63, 3.8) is 0 Å². The minimum Gasteiger partial charge on any atom is -0.208 e. The molecule has 0 N–H and O–H groups in total. The summed E-state index contributed by atoms with van der Waals surface area (Å²) in [5.41, 5.74) is 12.2. The number of hydrogen-bond acceptors (Lipinski definition) is 3. The molecule has 1 aromatic heterocycles. The van der Waals surface area contributed by atoms with Crippen LogP contribution in [-0.2, 0) is 5.41 Å². The van der Waals surface area contributed by atoms with Gasteiger partial charge in [-0.2, -0.15) is 0 Å². The van der Waals surface area contributed by atoms with Crippen molar-refractivity contribution < 1.29 is 0 Å². The van der Waals surface area contributed by atoms with Crippen LogP contribution in [0.2, 0.25) is 0 Å². The zero-order valence-electron chi connectivity index (χ0n) is 26.7. The van der Waals surface area contributed by atoms with Gasteiger partial charge >= 0.3 is 0 Å². The Kier molecular flexibility index (Phi) is 7.02. The summed E-state index contributed by atoms with van der Waals surface area (Å²) >= 11 is 0. The number of rotatable bonds is 6. The van der Waals surface area contributed by atoms with E-state index in [0.29, 0.717) is 17.5 Å². The summed E-state index contributed by atoms with van der Waals surface area (Å²) in [6.45, 7) is 0. The summed E-state index contributed by atoms with van der Waals surface area (Å²) in [7, 11) is 0. The number of benzene rings is 7. The minimum atomic E-state index is -0.505. The zero-order chi connectivity index (χ0) is 32.6. The van der Waals surface area contributed by atoms with E-state index in [9.17, 15) is 0 Å². The van der Waals surface area contributed by atoms with Crippen LogP contribution < -0.4 is 0 Å². The van der Waals surface area contributed by atoms with E-state index in [-0.39, 0.29) is 0 Å². The summed E-state index contributed by atoms with van der Waals surface area (Å²) in [6, 6.07) is 66.4. The Hall–Kier alpha value is -6.45. The van der Waals surface area contributed by atoms with E-state index in [1.54, 1.807) is 0 Å². The van der Waals surface area contributed by atoms with Crippen molar-refractivity contribution in [1.29, 1.82) is 0 Å². The third-order valence-electron chi connectivity index (χ3n) is 9.61. The van der Waals surface area contributed by atoms with Crippen molar-refractivity contribution in [1.82, 2.24) is 15.0 Å². The SMILES string of the molecule is c1ccc(-c2nc(-c3ccccc3)nc(-c3cccc(-c4cccc5c4C(c4ccccc4)(c4ccccc4)c4ccccc4-5)c3)n2)cc1. The van der Waals surface area contributed by atoms with Gasteiger partial charge in [-0.1, -0.05) is 182 Å². The van der Waals surface area contributed by atoms with Crippen LogP contribution >= 0.6 is 0 Å². The van der Waals surface area contributed by atoms with Gasteiger partial charge in [0.2, 0.25) is 0 Å². The predicted octanol–water partition coefficient (Wildman–Crippen LogP) is 10.9. The molecule has 0 spiro atoms. The van der Waals surface area contributed by atoms with E-state index in [1.165, 1.54) is 38.9 Å². The van der Waals surface area contributed by atoms with Gasteiger partial charge in [-0.3, -0.25) is 0 Å². The average molecular weight is 626 g/mol. The van der Waals surface area contributed by atoms with Crippen molar-refractivity contribution in [2.45, 2.75) is 5.41 Å². The topological polar surface area (TPSA) is 38.7 Å².